The largest absolute Gasteiger partial charge is 0.350 e. The predicted octanol–water partition coefficient (Wildman–Crippen LogP) is 5.01. The number of benzene rings is 3. The summed E-state index contributed by atoms with van der Waals surface area (Å²) in [5.41, 5.74) is 5.95. The Bertz CT molecular complexity index is 1150. The molecule has 0 aliphatic carbocycles. The average molecular weight is 382 g/mol. The van der Waals surface area contributed by atoms with E-state index in [1.54, 1.807) is 6.07 Å². The van der Waals surface area contributed by atoms with Crippen molar-refractivity contribution < 1.29 is 9.59 Å². The van der Waals surface area contributed by atoms with E-state index in [-0.39, 0.29) is 11.8 Å². The number of imide groups is 1. The second kappa shape index (κ2) is 7.40. The van der Waals surface area contributed by atoms with Crippen LogP contribution in [0, 0.1) is 20.8 Å². The van der Waals surface area contributed by atoms with Crippen molar-refractivity contribution in [3.05, 3.63) is 101 Å². The summed E-state index contributed by atoms with van der Waals surface area (Å²) in [7, 11) is 0. The fourth-order valence-electron chi connectivity index (χ4n) is 3.54. The lowest BCUT2D eigenvalue weighted by Gasteiger charge is -2.16. The van der Waals surface area contributed by atoms with E-state index in [0.717, 1.165) is 22.4 Å². The summed E-state index contributed by atoms with van der Waals surface area (Å²) in [5.74, 6) is -0.667. The summed E-state index contributed by atoms with van der Waals surface area (Å²) in [6.45, 7) is 5.96. The standard InChI is InChI=1S/C25H22N2O2/c1-16-9-7-13-20(15-16)27-24(28)22(19-11-5-4-6-12-19)23(25(27)29)26-21-14-8-10-17(2)18(21)3/h4-15,26H,1-3H3. The number of hydrogen-bond donors (Lipinski definition) is 1. The fourth-order valence-corrected chi connectivity index (χ4v) is 3.54. The Hall–Kier alpha value is -3.66. The van der Waals surface area contributed by atoms with Crippen molar-refractivity contribution in [1.29, 1.82) is 0 Å². The molecule has 4 rings (SSSR count). The van der Waals surface area contributed by atoms with E-state index in [9.17, 15) is 9.59 Å². The summed E-state index contributed by atoms with van der Waals surface area (Å²) in [4.78, 5) is 28.0. The summed E-state index contributed by atoms with van der Waals surface area (Å²) in [5, 5.41) is 3.26. The first kappa shape index (κ1) is 18.7. The number of hydrogen-bond acceptors (Lipinski definition) is 3. The molecule has 29 heavy (non-hydrogen) atoms. The minimum absolute atomic E-state index is 0.302. The Kier molecular flexibility index (Phi) is 4.77. The molecule has 3 aromatic rings. The van der Waals surface area contributed by atoms with Gasteiger partial charge in [-0.25, -0.2) is 4.90 Å². The van der Waals surface area contributed by atoms with Crippen molar-refractivity contribution in [1.82, 2.24) is 0 Å². The Labute approximate surface area is 170 Å². The van der Waals surface area contributed by atoms with Crippen LogP contribution in [0.5, 0.6) is 0 Å². The number of aryl methyl sites for hydroxylation is 2. The van der Waals surface area contributed by atoms with E-state index in [1.165, 1.54) is 4.90 Å². The molecule has 3 aromatic carbocycles. The number of rotatable bonds is 4. The predicted molar refractivity (Wildman–Crippen MR) is 117 cm³/mol. The van der Waals surface area contributed by atoms with Crippen LogP contribution < -0.4 is 10.2 Å². The number of anilines is 2. The first-order valence-electron chi connectivity index (χ1n) is 9.56. The van der Waals surface area contributed by atoms with Crippen molar-refractivity contribution in [2.75, 3.05) is 10.2 Å². The van der Waals surface area contributed by atoms with Gasteiger partial charge < -0.3 is 5.32 Å². The highest BCUT2D eigenvalue weighted by Crippen LogP contribution is 2.34. The maximum absolute atomic E-state index is 13.4. The number of amides is 2. The zero-order chi connectivity index (χ0) is 20.5. The Morgan fingerprint density at radius 2 is 1.48 bits per heavy atom. The molecule has 144 valence electrons. The molecule has 0 spiro atoms. The van der Waals surface area contributed by atoms with Crippen molar-refractivity contribution in [3.63, 3.8) is 0 Å². The van der Waals surface area contributed by atoms with Gasteiger partial charge in [0.1, 0.15) is 5.70 Å². The first-order chi connectivity index (χ1) is 14.0. The highest BCUT2D eigenvalue weighted by molar-refractivity contribution is 6.46. The Morgan fingerprint density at radius 3 is 2.21 bits per heavy atom. The minimum Gasteiger partial charge on any atom is -0.350 e. The molecule has 1 aliphatic heterocycles. The normalized spacial score (nSPS) is 14.0. The van der Waals surface area contributed by atoms with Gasteiger partial charge in [-0.2, -0.15) is 0 Å². The van der Waals surface area contributed by atoms with Crippen LogP contribution in [0.15, 0.2) is 78.5 Å². The maximum Gasteiger partial charge on any atom is 0.282 e. The van der Waals surface area contributed by atoms with Crippen molar-refractivity contribution in [2.45, 2.75) is 20.8 Å². The van der Waals surface area contributed by atoms with E-state index < -0.39 is 0 Å². The molecular weight excluding hydrogens is 360 g/mol. The van der Waals surface area contributed by atoms with Gasteiger partial charge in [0.2, 0.25) is 0 Å². The summed E-state index contributed by atoms with van der Waals surface area (Å²) >= 11 is 0. The molecule has 0 bridgehead atoms. The molecule has 0 radical (unpaired) electrons. The quantitative estimate of drug-likeness (QED) is 0.646. The SMILES string of the molecule is Cc1cccc(N2C(=O)C(Nc3cccc(C)c3C)=C(c3ccccc3)C2=O)c1. The van der Waals surface area contributed by atoms with Crippen molar-refractivity contribution >= 4 is 28.8 Å². The molecule has 1 heterocycles. The maximum atomic E-state index is 13.4. The Balaban J connectivity index is 1.85. The lowest BCUT2D eigenvalue weighted by atomic mass is 10.0. The smallest absolute Gasteiger partial charge is 0.282 e. The van der Waals surface area contributed by atoms with Crippen LogP contribution in [-0.2, 0) is 9.59 Å². The second-order valence-corrected chi connectivity index (χ2v) is 7.27. The third kappa shape index (κ3) is 3.34. The van der Waals surface area contributed by atoms with Crippen LogP contribution in [0.3, 0.4) is 0 Å². The van der Waals surface area contributed by atoms with Gasteiger partial charge in [-0.15, -0.1) is 0 Å². The molecule has 0 fully saturated rings. The van der Waals surface area contributed by atoms with Gasteiger partial charge in [0.25, 0.3) is 11.8 Å². The molecule has 2 amide bonds. The second-order valence-electron chi connectivity index (χ2n) is 7.27. The lowest BCUT2D eigenvalue weighted by Crippen LogP contribution is -2.32. The van der Waals surface area contributed by atoms with Crippen LogP contribution in [-0.4, -0.2) is 11.8 Å². The van der Waals surface area contributed by atoms with Crippen LogP contribution >= 0.6 is 0 Å². The van der Waals surface area contributed by atoms with Crippen LogP contribution in [0.4, 0.5) is 11.4 Å². The van der Waals surface area contributed by atoms with E-state index in [1.807, 2.05) is 87.5 Å². The van der Waals surface area contributed by atoms with Crippen LogP contribution in [0.2, 0.25) is 0 Å². The van der Waals surface area contributed by atoms with Gasteiger partial charge in [0, 0.05) is 5.69 Å². The molecule has 4 heteroatoms. The van der Waals surface area contributed by atoms with E-state index in [2.05, 4.69) is 5.32 Å². The molecular formula is C25H22N2O2. The number of carbonyl (C=O) groups excluding carboxylic acids is 2. The van der Waals surface area contributed by atoms with E-state index in [0.29, 0.717) is 22.5 Å². The lowest BCUT2D eigenvalue weighted by molar-refractivity contribution is -0.120. The van der Waals surface area contributed by atoms with Crippen LogP contribution in [0.1, 0.15) is 22.3 Å². The number of carbonyl (C=O) groups is 2. The number of nitrogens with one attached hydrogen (secondary N) is 1. The third-order valence-electron chi connectivity index (χ3n) is 5.27. The fraction of sp³-hybridized carbons (Fsp3) is 0.120. The van der Waals surface area contributed by atoms with Crippen LogP contribution in [0.25, 0.3) is 5.57 Å². The molecule has 0 unspecified atom stereocenters. The summed E-state index contributed by atoms with van der Waals surface area (Å²) < 4.78 is 0. The van der Waals surface area contributed by atoms with E-state index >= 15 is 0 Å². The minimum atomic E-state index is -0.347. The van der Waals surface area contributed by atoms with Crippen molar-refractivity contribution in [3.8, 4) is 0 Å². The van der Waals surface area contributed by atoms with Gasteiger partial charge in [-0.3, -0.25) is 9.59 Å². The average Bonchev–Trinajstić information content (AvgIpc) is 2.96. The van der Waals surface area contributed by atoms with E-state index in [4.69, 9.17) is 0 Å². The summed E-state index contributed by atoms with van der Waals surface area (Å²) in [6, 6.07) is 22.6. The first-order valence-corrected chi connectivity index (χ1v) is 9.56. The monoisotopic (exact) mass is 382 g/mol. The third-order valence-corrected chi connectivity index (χ3v) is 5.27. The van der Waals surface area contributed by atoms with Gasteiger partial charge in [-0.05, 0) is 61.2 Å². The zero-order valence-corrected chi connectivity index (χ0v) is 16.7. The van der Waals surface area contributed by atoms with Gasteiger partial charge in [0.15, 0.2) is 0 Å². The molecule has 0 saturated heterocycles. The van der Waals surface area contributed by atoms with Gasteiger partial charge in [0.05, 0.1) is 11.3 Å². The number of nitrogens with zero attached hydrogens (tertiary/aromatic N) is 1. The Morgan fingerprint density at radius 1 is 0.759 bits per heavy atom. The molecule has 0 atom stereocenters. The zero-order valence-electron chi connectivity index (χ0n) is 16.7. The van der Waals surface area contributed by atoms with Gasteiger partial charge >= 0.3 is 0 Å². The molecule has 0 saturated carbocycles. The summed E-state index contributed by atoms with van der Waals surface area (Å²) in [6.07, 6.45) is 0. The van der Waals surface area contributed by atoms with Crippen molar-refractivity contribution in [2.24, 2.45) is 0 Å². The van der Waals surface area contributed by atoms with Gasteiger partial charge in [-0.1, -0.05) is 54.6 Å². The highest BCUT2D eigenvalue weighted by atomic mass is 16.2. The molecule has 0 aromatic heterocycles. The molecule has 1 N–H and O–H groups in total. The molecule has 4 nitrogen and oxygen atoms in total. The topological polar surface area (TPSA) is 49.4 Å². The highest BCUT2D eigenvalue weighted by Gasteiger charge is 2.40. The molecule has 1 aliphatic rings.